The molecule has 8 heteroatoms. The third-order valence-corrected chi connectivity index (χ3v) is 4.23. The standard InChI is InChI=1S/C22H22ClN3O4/c1-3-28-18-11-5-15(13-19(18)29-4-2)6-12-20(27)24-14-21-25-22(26-30-21)16-7-9-17(23)10-8-16/h5-13H,3-4,14H2,1-2H3,(H,24,27)/b12-6+. The summed E-state index contributed by atoms with van der Waals surface area (Å²) in [6, 6.07) is 12.6. The van der Waals surface area contributed by atoms with Crippen molar-refractivity contribution in [2.75, 3.05) is 13.2 Å². The summed E-state index contributed by atoms with van der Waals surface area (Å²) < 4.78 is 16.3. The number of hydrogen-bond donors (Lipinski definition) is 1. The molecule has 0 unspecified atom stereocenters. The maximum absolute atomic E-state index is 12.1. The number of nitrogens with one attached hydrogen (secondary N) is 1. The zero-order valence-electron chi connectivity index (χ0n) is 16.7. The molecule has 0 aliphatic rings. The molecule has 1 N–H and O–H groups in total. The molecule has 3 aromatic rings. The molecular weight excluding hydrogens is 406 g/mol. The van der Waals surface area contributed by atoms with E-state index < -0.39 is 0 Å². The molecule has 0 saturated heterocycles. The first-order valence-corrected chi connectivity index (χ1v) is 9.91. The Morgan fingerprint density at radius 1 is 1.10 bits per heavy atom. The summed E-state index contributed by atoms with van der Waals surface area (Å²) in [7, 11) is 0. The molecule has 0 radical (unpaired) electrons. The first kappa shape index (κ1) is 21.4. The van der Waals surface area contributed by atoms with Crippen LogP contribution >= 0.6 is 11.6 Å². The molecule has 0 bridgehead atoms. The molecule has 1 amide bonds. The molecule has 30 heavy (non-hydrogen) atoms. The molecule has 2 aromatic carbocycles. The Morgan fingerprint density at radius 2 is 1.83 bits per heavy atom. The second-order valence-electron chi connectivity index (χ2n) is 6.14. The van der Waals surface area contributed by atoms with Gasteiger partial charge in [-0.15, -0.1) is 0 Å². The van der Waals surface area contributed by atoms with Crippen LogP contribution in [0.4, 0.5) is 0 Å². The fourth-order valence-electron chi connectivity index (χ4n) is 2.61. The highest BCUT2D eigenvalue weighted by Crippen LogP contribution is 2.29. The fraction of sp³-hybridized carbons (Fsp3) is 0.227. The van der Waals surface area contributed by atoms with Crippen LogP contribution in [0.3, 0.4) is 0 Å². The van der Waals surface area contributed by atoms with Crippen LogP contribution in [0.25, 0.3) is 17.5 Å². The SMILES string of the molecule is CCOc1ccc(/C=C/C(=O)NCc2nc(-c3ccc(Cl)cc3)no2)cc1OCC. The van der Waals surface area contributed by atoms with Gasteiger partial charge in [0.15, 0.2) is 11.5 Å². The highest BCUT2D eigenvalue weighted by atomic mass is 35.5. The van der Waals surface area contributed by atoms with Crippen molar-refractivity contribution in [2.45, 2.75) is 20.4 Å². The number of amides is 1. The second-order valence-corrected chi connectivity index (χ2v) is 6.58. The molecule has 0 atom stereocenters. The van der Waals surface area contributed by atoms with Crippen LogP contribution in [0.5, 0.6) is 11.5 Å². The Bertz CT molecular complexity index is 1020. The number of halogens is 1. The monoisotopic (exact) mass is 427 g/mol. The lowest BCUT2D eigenvalue weighted by Gasteiger charge is -2.11. The van der Waals surface area contributed by atoms with Crippen molar-refractivity contribution in [1.82, 2.24) is 15.5 Å². The van der Waals surface area contributed by atoms with Crippen LogP contribution in [0.1, 0.15) is 25.3 Å². The van der Waals surface area contributed by atoms with Crippen molar-refractivity contribution < 1.29 is 18.8 Å². The van der Waals surface area contributed by atoms with Crippen molar-refractivity contribution in [2.24, 2.45) is 0 Å². The third kappa shape index (κ3) is 5.84. The average molecular weight is 428 g/mol. The van der Waals surface area contributed by atoms with Gasteiger partial charge in [0.1, 0.15) is 0 Å². The molecule has 0 aliphatic carbocycles. The Morgan fingerprint density at radius 3 is 2.57 bits per heavy atom. The quantitative estimate of drug-likeness (QED) is 0.505. The van der Waals surface area contributed by atoms with Crippen molar-refractivity contribution in [3.8, 4) is 22.9 Å². The number of nitrogens with zero attached hydrogens (tertiary/aromatic N) is 2. The van der Waals surface area contributed by atoms with Crippen LogP contribution in [0, 0.1) is 0 Å². The summed E-state index contributed by atoms with van der Waals surface area (Å²) in [6.45, 7) is 5.01. The lowest BCUT2D eigenvalue weighted by atomic mass is 10.2. The van der Waals surface area contributed by atoms with Gasteiger partial charge in [-0.05, 0) is 61.9 Å². The predicted octanol–water partition coefficient (Wildman–Crippen LogP) is 4.52. The summed E-state index contributed by atoms with van der Waals surface area (Å²) >= 11 is 5.88. The minimum atomic E-state index is -0.284. The van der Waals surface area contributed by atoms with Gasteiger partial charge in [0.05, 0.1) is 19.8 Å². The number of hydrogen-bond acceptors (Lipinski definition) is 6. The largest absolute Gasteiger partial charge is 0.490 e. The van der Waals surface area contributed by atoms with Crippen LogP contribution in [0.2, 0.25) is 5.02 Å². The van der Waals surface area contributed by atoms with E-state index in [1.165, 1.54) is 6.08 Å². The van der Waals surface area contributed by atoms with Crippen molar-refractivity contribution in [3.63, 3.8) is 0 Å². The van der Waals surface area contributed by atoms with Gasteiger partial charge in [-0.3, -0.25) is 4.79 Å². The van der Waals surface area contributed by atoms with E-state index in [1.807, 2.05) is 32.0 Å². The van der Waals surface area contributed by atoms with Crippen molar-refractivity contribution in [3.05, 3.63) is 65.0 Å². The first-order valence-electron chi connectivity index (χ1n) is 9.53. The van der Waals surface area contributed by atoms with Crippen LogP contribution < -0.4 is 14.8 Å². The Labute approximate surface area is 179 Å². The molecule has 1 heterocycles. The number of carbonyl (C=O) groups excluding carboxylic acids is 1. The third-order valence-electron chi connectivity index (χ3n) is 3.98. The maximum Gasteiger partial charge on any atom is 0.246 e. The molecule has 0 spiro atoms. The van der Waals surface area contributed by atoms with Gasteiger partial charge >= 0.3 is 0 Å². The second kappa shape index (κ2) is 10.5. The predicted molar refractivity (Wildman–Crippen MR) is 114 cm³/mol. The minimum Gasteiger partial charge on any atom is -0.490 e. The lowest BCUT2D eigenvalue weighted by molar-refractivity contribution is -0.116. The molecule has 0 fully saturated rings. The van der Waals surface area contributed by atoms with Gasteiger partial charge in [0, 0.05) is 16.7 Å². The van der Waals surface area contributed by atoms with Crippen molar-refractivity contribution in [1.29, 1.82) is 0 Å². The molecule has 1 aromatic heterocycles. The molecule has 156 valence electrons. The highest BCUT2D eigenvalue weighted by molar-refractivity contribution is 6.30. The van der Waals surface area contributed by atoms with Crippen LogP contribution in [0.15, 0.2) is 53.1 Å². The number of carbonyl (C=O) groups is 1. The van der Waals surface area contributed by atoms with Gasteiger partial charge in [-0.1, -0.05) is 22.8 Å². The van der Waals surface area contributed by atoms with E-state index in [0.29, 0.717) is 41.5 Å². The van der Waals surface area contributed by atoms with E-state index in [2.05, 4.69) is 15.5 Å². The van der Waals surface area contributed by atoms with Crippen molar-refractivity contribution >= 4 is 23.6 Å². The average Bonchev–Trinajstić information content (AvgIpc) is 3.22. The normalized spacial score (nSPS) is 10.9. The molecular formula is C22H22ClN3O4. The van der Waals surface area contributed by atoms with E-state index in [0.717, 1.165) is 11.1 Å². The fourth-order valence-corrected chi connectivity index (χ4v) is 2.73. The Kier molecular flexibility index (Phi) is 7.45. The van der Waals surface area contributed by atoms with Gasteiger partial charge in [0.2, 0.25) is 17.6 Å². The first-order chi connectivity index (χ1) is 14.6. The Balaban J connectivity index is 1.57. The van der Waals surface area contributed by atoms with Gasteiger partial charge in [0.25, 0.3) is 0 Å². The summed E-state index contributed by atoms with van der Waals surface area (Å²) in [5.74, 6) is 1.77. The van der Waals surface area contributed by atoms with E-state index in [1.54, 1.807) is 30.3 Å². The van der Waals surface area contributed by atoms with Gasteiger partial charge in [-0.2, -0.15) is 4.98 Å². The minimum absolute atomic E-state index is 0.122. The summed E-state index contributed by atoms with van der Waals surface area (Å²) in [6.07, 6.45) is 3.13. The molecule has 3 rings (SSSR count). The molecule has 0 aliphatic heterocycles. The van der Waals surface area contributed by atoms with Gasteiger partial charge in [-0.25, -0.2) is 0 Å². The van der Waals surface area contributed by atoms with E-state index in [4.69, 9.17) is 25.6 Å². The summed E-state index contributed by atoms with van der Waals surface area (Å²) in [5, 5.41) is 7.26. The number of aromatic nitrogens is 2. The zero-order valence-corrected chi connectivity index (χ0v) is 17.5. The number of benzene rings is 2. The maximum atomic E-state index is 12.1. The van der Waals surface area contributed by atoms with E-state index in [9.17, 15) is 4.79 Å². The Hall–Kier alpha value is -3.32. The smallest absolute Gasteiger partial charge is 0.246 e. The lowest BCUT2D eigenvalue weighted by Crippen LogP contribution is -2.20. The van der Waals surface area contributed by atoms with Gasteiger partial charge < -0.3 is 19.3 Å². The van der Waals surface area contributed by atoms with Crippen LogP contribution in [-0.4, -0.2) is 29.3 Å². The summed E-state index contributed by atoms with van der Waals surface area (Å²) in [4.78, 5) is 16.4. The zero-order chi connectivity index (χ0) is 21.3. The highest BCUT2D eigenvalue weighted by Gasteiger charge is 2.09. The molecule has 0 saturated carbocycles. The van der Waals surface area contributed by atoms with Crippen LogP contribution in [-0.2, 0) is 11.3 Å². The summed E-state index contributed by atoms with van der Waals surface area (Å²) in [5.41, 5.74) is 1.60. The van der Waals surface area contributed by atoms with E-state index in [-0.39, 0.29) is 12.5 Å². The topological polar surface area (TPSA) is 86.5 Å². The number of rotatable bonds is 9. The molecule has 7 nitrogen and oxygen atoms in total. The van der Waals surface area contributed by atoms with E-state index >= 15 is 0 Å². The number of ether oxygens (including phenoxy) is 2.